The molecule has 3 rings (SSSR count). The summed E-state index contributed by atoms with van der Waals surface area (Å²) in [6.45, 7) is 5.71. The topological polar surface area (TPSA) is 21.3 Å². The summed E-state index contributed by atoms with van der Waals surface area (Å²) in [6, 6.07) is 9.04. The lowest BCUT2D eigenvalue weighted by Crippen LogP contribution is -2.44. The van der Waals surface area contributed by atoms with E-state index in [-0.39, 0.29) is 0 Å². The fourth-order valence-corrected chi connectivity index (χ4v) is 4.37. The number of hydrogen-bond donors (Lipinski definition) is 1. The van der Waals surface area contributed by atoms with Crippen molar-refractivity contribution < 1.29 is 4.74 Å². The third-order valence-electron chi connectivity index (χ3n) is 3.96. The molecule has 0 aliphatic carbocycles. The van der Waals surface area contributed by atoms with Crippen molar-refractivity contribution in [3.05, 3.63) is 29.8 Å². The maximum absolute atomic E-state index is 5.98. The second-order valence-electron chi connectivity index (χ2n) is 6.54. The number of hydrogen-bond acceptors (Lipinski definition) is 3. The maximum atomic E-state index is 5.98. The van der Waals surface area contributed by atoms with Crippen LogP contribution in [-0.2, 0) is 6.42 Å². The van der Waals surface area contributed by atoms with Crippen LogP contribution in [0.4, 0.5) is 0 Å². The highest BCUT2D eigenvalue weighted by molar-refractivity contribution is 7.99. The number of ether oxygens (including phenoxy) is 1. The van der Waals surface area contributed by atoms with Gasteiger partial charge in [-0.25, -0.2) is 0 Å². The Morgan fingerprint density at radius 3 is 3.00 bits per heavy atom. The molecular formula is C16H23NOS. The first-order valence-corrected chi connectivity index (χ1v) is 8.34. The Kier molecular flexibility index (Phi) is 3.77. The molecule has 19 heavy (non-hydrogen) atoms. The average Bonchev–Trinajstić information content (AvgIpc) is 2.78. The highest BCUT2D eigenvalue weighted by Crippen LogP contribution is 2.33. The quantitative estimate of drug-likeness (QED) is 0.917. The smallest absolute Gasteiger partial charge is 0.123 e. The summed E-state index contributed by atoms with van der Waals surface area (Å²) in [5, 5.41) is 3.71. The molecule has 3 heteroatoms. The predicted molar refractivity (Wildman–Crippen MR) is 82.1 cm³/mol. The molecule has 2 nitrogen and oxygen atoms in total. The standard InChI is InChI=1S/C16H23NOS/c1-16(2)8-13(10-19-11-16)17-9-14-7-12-5-3-4-6-15(12)18-14/h3-6,13-14,17H,7-11H2,1-2H3. The fourth-order valence-electron chi connectivity index (χ4n) is 3.06. The van der Waals surface area contributed by atoms with E-state index in [1.54, 1.807) is 0 Å². The van der Waals surface area contributed by atoms with Crippen molar-refractivity contribution in [1.29, 1.82) is 0 Å². The van der Waals surface area contributed by atoms with Crippen molar-refractivity contribution in [2.75, 3.05) is 18.1 Å². The molecule has 2 aliphatic heterocycles. The van der Waals surface area contributed by atoms with Crippen LogP contribution in [0.15, 0.2) is 24.3 Å². The zero-order chi connectivity index (χ0) is 13.3. The van der Waals surface area contributed by atoms with Gasteiger partial charge in [-0.3, -0.25) is 0 Å². The lowest BCUT2D eigenvalue weighted by Gasteiger charge is -2.35. The van der Waals surface area contributed by atoms with E-state index in [0.717, 1.165) is 18.7 Å². The van der Waals surface area contributed by atoms with Gasteiger partial charge < -0.3 is 10.1 Å². The molecule has 1 fully saturated rings. The van der Waals surface area contributed by atoms with Gasteiger partial charge in [0.15, 0.2) is 0 Å². The van der Waals surface area contributed by atoms with Crippen LogP contribution in [0.3, 0.4) is 0 Å². The molecule has 1 aromatic rings. The molecule has 1 aromatic carbocycles. The Morgan fingerprint density at radius 1 is 1.37 bits per heavy atom. The fraction of sp³-hybridized carbons (Fsp3) is 0.625. The van der Waals surface area contributed by atoms with E-state index in [1.165, 1.54) is 23.5 Å². The van der Waals surface area contributed by atoms with Crippen molar-refractivity contribution in [3.8, 4) is 5.75 Å². The van der Waals surface area contributed by atoms with E-state index in [0.29, 0.717) is 17.6 Å². The van der Waals surface area contributed by atoms with E-state index in [4.69, 9.17) is 4.74 Å². The molecule has 0 radical (unpaired) electrons. The lowest BCUT2D eigenvalue weighted by molar-refractivity contribution is 0.213. The Hall–Kier alpha value is -0.670. The average molecular weight is 277 g/mol. The number of rotatable bonds is 3. The van der Waals surface area contributed by atoms with Crippen molar-refractivity contribution in [2.45, 2.75) is 38.8 Å². The molecule has 2 atom stereocenters. The van der Waals surface area contributed by atoms with Gasteiger partial charge in [-0.2, -0.15) is 11.8 Å². The van der Waals surface area contributed by atoms with Gasteiger partial charge in [0, 0.05) is 24.8 Å². The number of fused-ring (bicyclic) bond motifs is 1. The summed E-state index contributed by atoms with van der Waals surface area (Å²) in [5.41, 5.74) is 1.83. The second-order valence-corrected chi connectivity index (χ2v) is 7.57. The van der Waals surface area contributed by atoms with Crippen molar-refractivity contribution in [2.24, 2.45) is 5.41 Å². The molecule has 0 spiro atoms. The molecule has 2 unspecified atom stereocenters. The number of thioether (sulfide) groups is 1. The Labute approximate surface area is 120 Å². The summed E-state index contributed by atoms with van der Waals surface area (Å²) in [4.78, 5) is 0. The molecular weight excluding hydrogens is 254 g/mol. The third kappa shape index (κ3) is 3.26. The van der Waals surface area contributed by atoms with Gasteiger partial charge in [-0.15, -0.1) is 0 Å². The molecule has 0 saturated carbocycles. The zero-order valence-electron chi connectivity index (χ0n) is 11.8. The minimum absolute atomic E-state index is 0.312. The van der Waals surface area contributed by atoms with Crippen LogP contribution >= 0.6 is 11.8 Å². The number of nitrogens with one attached hydrogen (secondary N) is 1. The Morgan fingerprint density at radius 2 is 2.21 bits per heavy atom. The van der Waals surface area contributed by atoms with Crippen LogP contribution in [0.2, 0.25) is 0 Å². The molecule has 1 saturated heterocycles. The molecule has 2 aliphatic rings. The zero-order valence-corrected chi connectivity index (χ0v) is 12.6. The monoisotopic (exact) mass is 277 g/mol. The molecule has 0 bridgehead atoms. The summed E-state index contributed by atoms with van der Waals surface area (Å²) in [6.07, 6.45) is 2.64. The molecule has 0 aromatic heterocycles. The normalized spacial score (nSPS) is 28.7. The van der Waals surface area contributed by atoms with Crippen LogP contribution in [0.1, 0.15) is 25.8 Å². The van der Waals surface area contributed by atoms with Crippen LogP contribution in [0, 0.1) is 5.41 Å². The van der Waals surface area contributed by atoms with Gasteiger partial charge in [-0.05, 0) is 29.2 Å². The minimum atomic E-state index is 0.312. The second kappa shape index (κ2) is 5.37. The van der Waals surface area contributed by atoms with Gasteiger partial charge in [0.05, 0.1) is 0 Å². The van der Waals surface area contributed by atoms with Crippen LogP contribution in [0.25, 0.3) is 0 Å². The summed E-state index contributed by atoms with van der Waals surface area (Å²) in [7, 11) is 0. The first kappa shape index (κ1) is 13.3. The van der Waals surface area contributed by atoms with Gasteiger partial charge in [-0.1, -0.05) is 32.0 Å². The number of para-hydroxylation sites is 1. The van der Waals surface area contributed by atoms with Crippen molar-refractivity contribution in [3.63, 3.8) is 0 Å². The molecule has 104 valence electrons. The molecule has 1 N–H and O–H groups in total. The highest BCUT2D eigenvalue weighted by atomic mass is 32.2. The summed E-state index contributed by atoms with van der Waals surface area (Å²) >= 11 is 2.08. The number of benzene rings is 1. The van der Waals surface area contributed by atoms with E-state index in [2.05, 4.69) is 55.2 Å². The first-order valence-electron chi connectivity index (χ1n) is 7.18. The Bertz CT molecular complexity index is 421. The van der Waals surface area contributed by atoms with E-state index in [1.807, 2.05) is 0 Å². The highest BCUT2D eigenvalue weighted by Gasteiger charge is 2.29. The van der Waals surface area contributed by atoms with Gasteiger partial charge in [0.2, 0.25) is 0 Å². The SMILES string of the molecule is CC1(C)CSCC(NCC2Cc3ccccc3O2)C1. The largest absolute Gasteiger partial charge is 0.488 e. The predicted octanol–water partition coefficient (Wildman–Crippen LogP) is 3.11. The van der Waals surface area contributed by atoms with Crippen molar-refractivity contribution >= 4 is 11.8 Å². The van der Waals surface area contributed by atoms with Gasteiger partial charge in [0.1, 0.15) is 11.9 Å². The van der Waals surface area contributed by atoms with Crippen LogP contribution in [0.5, 0.6) is 5.75 Å². The molecule has 2 heterocycles. The van der Waals surface area contributed by atoms with Gasteiger partial charge in [0.25, 0.3) is 0 Å². The summed E-state index contributed by atoms with van der Waals surface area (Å²) < 4.78 is 5.98. The van der Waals surface area contributed by atoms with Gasteiger partial charge >= 0.3 is 0 Å². The molecule has 0 amide bonds. The van der Waals surface area contributed by atoms with E-state index in [9.17, 15) is 0 Å². The van der Waals surface area contributed by atoms with Crippen molar-refractivity contribution in [1.82, 2.24) is 5.32 Å². The van der Waals surface area contributed by atoms with E-state index >= 15 is 0 Å². The van der Waals surface area contributed by atoms with E-state index < -0.39 is 0 Å². The first-order chi connectivity index (χ1) is 9.12. The van der Waals surface area contributed by atoms with Crippen LogP contribution in [-0.4, -0.2) is 30.2 Å². The Balaban J connectivity index is 1.49. The van der Waals surface area contributed by atoms with Crippen LogP contribution < -0.4 is 10.1 Å². The maximum Gasteiger partial charge on any atom is 0.123 e. The lowest BCUT2D eigenvalue weighted by atomic mass is 9.88. The third-order valence-corrected chi connectivity index (χ3v) is 5.58. The minimum Gasteiger partial charge on any atom is -0.488 e. The summed E-state index contributed by atoms with van der Waals surface area (Å²) in [5.74, 6) is 3.60.